The number of phenols is 1. The first-order valence-corrected chi connectivity index (χ1v) is 10.4. The Hall–Kier alpha value is -2.27. The quantitative estimate of drug-likeness (QED) is 0.624. The maximum atomic E-state index is 15.0. The number of benzene rings is 2. The minimum Gasteiger partial charge on any atom is -0.508 e. The van der Waals surface area contributed by atoms with E-state index in [1.807, 2.05) is 26.8 Å². The molecule has 0 atom stereocenters. The van der Waals surface area contributed by atoms with Gasteiger partial charge in [0.25, 0.3) is 5.91 Å². The molecule has 1 aliphatic rings. The maximum Gasteiger partial charge on any atom is 0.258 e. The minimum absolute atomic E-state index is 0.0312. The lowest BCUT2D eigenvalue weighted by atomic mass is 9.93. The van der Waals surface area contributed by atoms with Crippen LogP contribution in [0, 0.1) is 5.82 Å². The van der Waals surface area contributed by atoms with Crippen molar-refractivity contribution in [2.75, 3.05) is 6.61 Å². The number of aromatic hydroxyl groups is 1. The van der Waals surface area contributed by atoms with Gasteiger partial charge in [-0.3, -0.25) is 4.79 Å². The zero-order valence-electron chi connectivity index (χ0n) is 17.0. The zero-order chi connectivity index (χ0) is 21.1. The van der Waals surface area contributed by atoms with Crippen molar-refractivity contribution in [2.45, 2.75) is 58.4 Å². The van der Waals surface area contributed by atoms with Gasteiger partial charge in [-0.2, -0.15) is 0 Å². The largest absolute Gasteiger partial charge is 0.508 e. The van der Waals surface area contributed by atoms with Gasteiger partial charge in [0, 0.05) is 23.0 Å². The summed E-state index contributed by atoms with van der Waals surface area (Å²) in [7, 11) is 0. The van der Waals surface area contributed by atoms with Crippen molar-refractivity contribution in [2.24, 2.45) is 0 Å². The van der Waals surface area contributed by atoms with Crippen LogP contribution in [0.1, 0.15) is 61.8 Å². The molecule has 0 spiro atoms. The summed E-state index contributed by atoms with van der Waals surface area (Å²) >= 11 is 6.51. The van der Waals surface area contributed by atoms with Crippen LogP contribution in [0.3, 0.4) is 0 Å². The highest BCUT2D eigenvalue weighted by molar-refractivity contribution is 6.31. The summed E-state index contributed by atoms with van der Waals surface area (Å²) in [5.74, 6) is -0.172. The van der Waals surface area contributed by atoms with Gasteiger partial charge in [-0.15, -0.1) is 0 Å². The number of ether oxygens (including phenoxy) is 1. The maximum absolute atomic E-state index is 15.0. The summed E-state index contributed by atoms with van der Waals surface area (Å²) in [5.41, 5.74) is 2.57. The Morgan fingerprint density at radius 1 is 1.31 bits per heavy atom. The molecule has 156 valence electrons. The van der Waals surface area contributed by atoms with Crippen molar-refractivity contribution in [1.29, 1.82) is 0 Å². The number of carbonyl (C=O) groups is 1. The minimum atomic E-state index is -0.393. The van der Waals surface area contributed by atoms with Crippen LogP contribution < -0.4 is 10.1 Å². The number of phenolic OH excluding ortho intramolecular Hbond substituents is 1. The second kappa shape index (κ2) is 9.04. The first-order chi connectivity index (χ1) is 13.8. The molecule has 0 radical (unpaired) electrons. The Morgan fingerprint density at radius 3 is 2.66 bits per heavy atom. The van der Waals surface area contributed by atoms with Crippen LogP contribution in [0.4, 0.5) is 4.39 Å². The zero-order valence-corrected chi connectivity index (χ0v) is 17.8. The number of hydrogen-bond donors (Lipinski definition) is 2. The molecule has 2 aromatic rings. The molecule has 2 N–H and O–H groups in total. The lowest BCUT2D eigenvalue weighted by Gasteiger charge is -2.17. The Morgan fingerprint density at radius 2 is 2.03 bits per heavy atom. The molecule has 29 heavy (non-hydrogen) atoms. The average Bonchev–Trinajstić information content (AvgIpc) is 3.47. The highest BCUT2D eigenvalue weighted by Crippen LogP contribution is 2.34. The third kappa shape index (κ3) is 5.21. The third-order valence-electron chi connectivity index (χ3n) is 5.14. The lowest BCUT2D eigenvalue weighted by molar-refractivity contribution is -0.123. The molecular weight excluding hydrogens is 393 g/mol. The molecule has 0 saturated heterocycles. The van der Waals surface area contributed by atoms with Gasteiger partial charge in [-0.05, 0) is 60.1 Å². The highest BCUT2D eigenvalue weighted by atomic mass is 35.5. The van der Waals surface area contributed by atoms with Gasteiger partial charge in [0.2, 0.25) is 0 Å². The smallest absolute Gasteiger partial charge is 0.258 e. The first-order valence-electron chi connectivity index (χ1n) is 10.0. The fourth-order valence-electron chi connectivity index (χ4n) is 3.41. The lowest BCUT2D eigenvalue weighted by Crippen LogP contribution is -2.30. The Kier molecular flexibility index (Phi) is 6.68. The van der Waals surface area contributed by atoms with Gasteiger partial charge in [-0.1, -0.05) is 38.4 Å². The van der Waals surface area contributed by atoms with Gasteiger partial charge >= 0.3 is 0 Å². The Labute approximate surface area is 176 Å². The van der Waals surface area contributed by atoms with E-state index in [9.17, 15) is 14.3 Å². The molecule has 0 aromatic heterocycles. The number of halogens is 2. The van der Waals surface area contributed by atoms with Gasteiger partial charge in [0.15, 0.2) is 6.61 Å². The summed E-state index contributed by atoms with van der Waals surface area (Å²) in [6.45, 7) is 5.63. The molecule has 1 saturated carbocycles. The molecule has 1 fully saturated rings. The molecule has 6 heteroatoms. The Balaban J connectivity index is 1.81. The monoisotopic (exact) mass is 419 g/mol. The second-order valence-electron chi connectivity index (χ2n) is 7.83. The van der Waals surface area contributed by atoms with E-state index in [1.54, 1.807) is 12.1 Å². The van der Waals surface area contributed by atoms with Crippen LogP contribution in [0.2, 0.25) is 5.02 Å². The predicted molar refractivity (Wildman–Crippen MR) is 112 cm³/mol. The third-order valence-corrected chi connectivity index (χ3v) is 5.47. The van der Waals surface area contributed by atoms with Gasteiger partial charge < -0.3 is 15.2 Å². The van der Waals surface area contributed by atoms with Gasteiger partial charge in [0.1, 0.15) is 17.3 Å². The second-order valence-corrected chi connectivity index (χ2v) is 8.24. The van der Waals surface area contributed by atoms with Crippen molar-refractivity contribution < 1.29 is 19.0 Å². The summed E-state index contributed by atoms with van der Waals surface area (Å²) < 4.78 is 20.6. The van der Waals surface area contributed by atoms with Crippen LogP contribution in [0.15, 0.2) is 24.3 Å². The van der Waals surface area contributed by atoms with Crippen LogP contribution in [-0.4, -0.2) is 23.7 Å². The van der Waals surface area contributed by atoms with Crippen LogP contribution in [-0.2, 0) is 17.6 Å². The molecule has 0 unspecified atom stereocenters. The van der Waals surface area contributed by atoms with E-state index >= 15 is 0 Å². The average molecular weight is 420 g/mol. The molecule has 3 rings (SSSR count). The van der Waals surface area contributed by atoms with E-state index < -0.39 is 5.82 Å². The standard InChI is InChI=1S/C23H27ClFNO3/c1-4-14-9-17(29-12-21(28)26-16-6-7-16)11-19(24)18(14)10-15-5-8-20(27)22(13(2)3)23(15)25/h5,8-9,11,13,16,27H,4,6-7,10,12H2,1-3H3,(H,26,28). The fourth-order valence-corrected chi connectivity index (χ4v) is 3.71. The number of aryl methyl sites for hydroxylation is 1. The van der Waals surface area contributed by atoms with E-state index in [4.69, 9.17) is 16.3 Å². The van der Waals surface area contributed by atoms with E-state index in [0.717, 1.165) is 24.0 Å². The Bertz CT molecular complexity index is 909. The SMILES string of the molecule is CCc1cc(OCC(=O)NC2CC2)cc(Cl)c1Cc1ccc(O)c(C(C)C)c1F. The van der Waals surface area contributed by atoms with Gasteiger partial charge in [-0.25, -0.2) is 4.39 Å². The number of hydrogen-bond acceptors (Lipinski definition) is 3. The van der Waals surface area contributed by atoms with E-state index in [-0.39, 0.29) is 24.2 Å². The topological polar surface area (TPSA) is 58.6 Å². The van der Waals surface area contributed by atoms with Gasteiger partial charge in [0.05, 0.1) is 0 Å². The van der Waals surface area contributed by atoms with Crippen LogP contribution in [0.5, 0.6) is 11.5 Å². The summed E-state index contributed by atoms with van der Waals surface area (Å²) in [5, 5.41) is 13.3. The number of nitrogens with one attached hydrogen (secondary N) is 1. The molecule has 0 heterocycles. The van der Waals surface area contributed by atoms with Crippen molar-refractivity contribution in [3.63, 3.8) is 0 Å². The molecule has 2 aromatic carbocycles. The molecule has 1 aliphatic carbocycles. The van der Waals surface area contributed by atoms with E-state index in [2.05, 4.69) is 5.32 Å². The van der Waals surface area contributed by atoms with Crippen LogP contribution in [0.25, 0.3) is 0 Å². The number of carbonyl (C=O) groups excluding carboxylic acids is 1. The number of rotatable bonds is 8. The molecule has 0 aliphatic heterocycles. The highest BCUT2D eigenvalue weighted by Gasteiger charge is 2.23. The first kappa shape index (κ1) is 21.4. The summed E-state index contributed by atoms with van der Waals surface area (Å²) in [4.78, 5) is 11.8. The summed E-state index contributed by atoms with van der Waals surface area (Å²) in [6, 6.07) is 6.94. The molecular formula is C23H27ClFNO3. The van der Waals surface area contributed by atoms with E-state index in [1.165, 1.54) is 6.07 Å². The van der Waals surface area contributed by atoms with Crippen molar-refractivity contribution in [3.8, 4) is 11.5 Å². The molecule has 0 bridgehead atoms. The van der Waals surface area contributed by atoms with Crippen LogP contribution >= 0.6 is 11.6 Å². The fraction of sp³-hybridized carbons (Fsp3) is 0.435. The van der Waals surface area contributed by atoms with Crippen molar-refractivity contribution >= 4 is 17.5 Å². The number of amides is 1. The molecule has 4 nitrogen and oxygen atoms in total. The molecule has 1 amide bonds. The van der Waals surface area contributed by atoms with Crippen molar-refractivity contribution in [1.82, 2.24) is 5.32 Å². The predicted octanol–water partition coefficient (Wildman–Crippen LogP) is 5.12. The normalized spacial score (nSPS) is 13.6. The van der Waals surface area contributed by atoms with Crippen molar-refractivity contribution in [3.05, 3.63) is 57.4 Å². The van der Waals surface area contributed by atoms with E-state index in [0.29, 0.717) is 40.8 Å². The summed E-state index contributed by atoms with van der Waals surface area (Å²) in [6.07, 6.45) is 3.06.